The van der Waals surface area contributed by atoms with Crippen LogP contribution in [0.15, 0.2) is 0 Å². The van der Waals surface area contributed by atoms with Gasteiger partial charge >= 0.3 is 0 Å². The number of hydrogen-bond acceptors (Lipinski definition) is 6. The van der Waals surface area contributed by atoms with Gasteiger partial charge in [0.15, 0.2) is 11.1 Å². The Morgan fingerprint density at radius 1 is 0.696 bits per heavy atom. The van der Waals surface area contributed by atoms with Crippen molar-refractivity contribution in [3.8, 4) is 0 Å². The lowest BCUT2D eigenvalue weighted by atomic mass is 10.0. The Bertz CT molecular complexity index is 335. The van der Waals surface area contributed by atoms with Crippen molar-refractivity contribution in [2.75, 3.05) is 58.9 Å². The maximum Gasteiger partial charge on any atom is 0.209 e. The van der Waals surface area contributed by atoms with Gasteiger partial charge in [-0.3, -0.25) is 0 Å². The first kappa shape index (κ1) is 23.5. The van der Waals surface area contributed by atoms with E-state index in [1.54, 1.807) is 23.5 Å². The van der Waals surface area contributed by atoms with Crippen LogP contribution >= 0.6 is 23.5 Å². The molecule has 0 aromatic carbocycles. The summed E-state index contributed by atoms with van der Waals surface area (Å²) in [5.74, 6) is 1.20. The number of nitrogens with zero attached hydrogens (tertiary/aromatic N) is 2. The van der Waals surface area contributed by atoms with Gasteiger partial charge < -0.3 is 29.4 Å². The fraction of sp³-hybridized carbons (Fsp3) is 1.00. The Kier molecular flexibility index (Phi) is 8.39. The van der Waals surface area contributed by atoms with Gasteiger partial charge in [-0.25, -0.2) is 0 Å². The molecule has 0 aliphatic carbocycles. The molecule has 0 fully saturated rings. The van der Waals surface area contributed by atoms with Crippen molar-refractivity contribution in [2.45, 2.75) is 37.5 Å². The molecular formula is C15H36N2O4S2+2. The SMILES string of the molecule is CC(CSCSCC(C)(C(O)O)[N+](C)(C)C)(C(O)O)[N+](C)(C)C. The highest BCUT2D eigenvalue weighted by Crippen LogP contribution is 2.31. The van der Waals surface area contributed by atoms with E-state index < -0.39 is 23.7 Å². The highest BCUT2D eigenvalue weighted by Gasteiger charge is 2.46. The highest BCUT2D eigenvalue weighted by molar-refractivity contribution is 8.16. The van der Waals surface area contributed by atoms with Crippen LogP contribution in [0.1, 0.15) is 13.8 Å². The summed E-state index contributed by atoms with van der Waals surface area (Å²) in [6.45, 7) is 3.73. The zero-order valence-electron chi connectivity index (χ0n) is 15.8. The number of thioether (sulfide) groups is 2. The van der Waals surface area contributed by atoms with Crippen molar-refractivity contribution in [1.29, 1.82) is 0 Å². The van der Waals surface area contributed by atoms with Crippen molar-refractivity contribution >= 4 is 23.5 Å². The second kappa shape index (κ2) is 8.23. The molecule has 6 nitrogen and oxygen atoms in total. The molecule has 0 rings (SSSR count). The minimum atomic E-state index is -1.39. The van der Waals surface area contributed by atoms with Crippen LogP contribution in [0.3, 0.4) is 0 Å². The van der Waals surface area contributed by atoms with E-state index in [0.29, 0.717) is 20.5 Å². The summed E-state index contributed by atoms with van der Waals surface area (Å²) in [6.07, 6.45) is -2.79. The summed E-state index contributed by atoms with van der Waals surface area (Å²) >= 11 is 3.27. The van der Waals surface area contributed by atoms with Crippen molar-refractivity contribution < 1.29 is 29.4 Å². The molecule has 0 bridgehead atoms. The molecule has 0 aromatic rings. The molecule has 8 heteroatoms. The van der Waals surface area contributed by atoms with E-state index in [-0.39, 0.29) is 0 Å². The third-order valence-electron chi connectivity index (χ3n) is 5.13. The Balaban J connectivity index is 4.58. The van der Waals surface area contributed by atoms with Crippen LogP contribution in [-0.4, -0.2) is 112 Å². The van der Waals surface area contributed by atoms with E-state index in [4.69, 9.17) is 0 Å². The molecular weight excluding hydrogens is 336 g/mol. The number of aliphatic hydroxyl groups is 4. The number of likely N-dealkylation sites (N-methyl/N-ethyl adjacent to an activating group) is 2. The molecule has 0 radical (unpaired) electrons. The predicted molar refractivity (Wildman–Crippen MR) is 99.1 cm³/mol. The van der Waals surface area contributed by atoms with Gasteiger partial charge in [-0.15, -0.1) is 23.5 Å². The van der Waals surface area contributed by atoms with Gasteiger partial charge in [-0.05, 0) is 13.8 Å². The second-order valence-electron chi connectivity index (χ2n) is 8.30. The van der Waals surface area contributed by atoms with Crippen LogP contribution < -0.4 is 0 Å². The van der Waals surface area contributed by atoms with Crippen molar-refractivity contribution in [3.63, 3.8) is 0 Å². The Morgan fingerprint density at radius 2 is 0.957 bits per heavy atom. The van der Waals surface area contributed by atoms with Gasteiger partial charge in [-0.1, -0.05) is 0 Å². The average molecular weight is 373 g/mol. The molecule has 0 aromatic heterocycles. The van der Waals surface area contributed by atoms with Crippen LogP contribution in [-0.2, 0) is 0 Å². The molecule has 0 aliphatic rings. The lowest BCUT2D eigenvalue weighted by Gasteiger charge is -2.45. The molecule has 2 unspecified atom stereocenters. The first-order chi connectivity index (χ1) is 10.1. The Morgan fingerprint density at radius 3 is 1.13 bits per heavy atom. The summed E-state index contributed by atoms with van der Waals surface area (Å²) in [5, 5.41) is 39.6. The molecule has 0 spiro atoms. The standard InChI is InChI=1S/C15H36N2O4S2/c1-14(12(18)19,16(3,4)5)9-22-11-23-10-15(2,13(20)21)17(6,7)8/h12-13,18-21H,9-11H2,1-8H3/q+2. The minimum Gasteiger partial charge on any atom is -0.363 e. The first-order valence-corrected chi connectivity index (χ1v) is 9.91. The van der Waals surface area contributed by atoms with E-state index in [1.165, 1.54) is 0 Å². The zero-order valence-corrected chi connectivity index (χ0v) is 17.4. The average Bonchev–Trinajstić information content (AvgIpc) is 2.34. The van der Waals surface area contributed by atoms with Gasteiger partial charge in [-0.2, -0.15) is 0 Å². The van der Waals surface area contributed by atoms with Crippen LogP contribution in [0.2, 0.25) is 0 Å². The summed E-state index contributed by atoms with van der Waals surface area (Å²) in [5.41, 5.74) is -1.32. The predicted octanol–water partition coefficient (Wildman–Crippen LogP) is -0.0385. The van der Waals surface area contributed by atoms with Crippen LogP contribution in [0.4, 0.5) is 0 Å². The Labute approximate surface area is 149 Å². The summed E-state index contributed by atoms with van der Waals surface area (Å²) in [7, 11) is 11.7. The van der Waals surface area contributed by atoms with Crippen molar-refractivity contribution in [2.24, 2.45) is 0 Å². The summed E-state index contributed by atoms with van der Waals surface area (Å²) in [4.78, 5) is 0. The van der Waals surface area contributed by atoms with Gasteiger partial charge in [0.25, 0.3) is 0 Å². The van der Waals surface area contributed by atoms with Crippen LogP contribution in [0.5, 0.6) is 0 Å². The first-order valence-electron chi connectivity index (χ1n) is 7.60. The van der Waals surface area contributed by atoms with Gasteiger partial charge in [0.05, 0.1) is 53.8 Å². The molecule has 23 heavy (non-hydrogen) atoms. The number of rotatable bonds is 10. The lowest BCUT2D eigenvalue weighted by Crippen LogP contribution is -2.63. The second-order valence-corrected chi connectivity index (χ2v) is 10.6. The van der Waals surface area contributed by atoms with E-state index in [2.05, 4.69) is 0 Å². The summed E-state index contributed by atoms with van der Waals surface area (Å²) < 4.78 is 0.905. The maximum atomic E-state index is 9.72. The van der Waals surface area contributed by atoms with Gasteiger partial charge in [0, 0.05) is 5.08 Å². The van der Waals surface area contributed by atoms with E-state index >= 15 is 0 Å². The monoisotopic (exact) mass is 372 g/mol. The highest BCUT2D eigenvalue weighted by atomic mass is 32.2. The third-order valence-corrected chi connectivity index (χ3v) is 8.04. The lowest BCUT2D eigenvalue weighted by molar-refractivity contribution is -0.926. The van der Waals surface area contributed by atoms with Crippen molar-refractivity contribution in [3.05, 3.63) is 0 Å². The zero-order chi connectivity index (χ0) is 18.7. The van der Waals surface area contributed by atoms with Crippen LogP contribution in [0.25, 0.3) is 0 Å². The quantitative estimate of drug-likeness (QED) is 0.245. The molecule has 0 aliphatic heterocycles. The van der Waals surface area contributed by atoms with E-state index in [0.717, 1.165) is 5.08 Å². The Hall–Kier alpha value is 0.460. The maximum absolute atomic E-state index is 9.72. The topological polar surface area (TPSA) is 80.9 Å². The molecule has 0 heterocycles. The molecule has 0 amide bonds. The smallest absolute Gasteiger partial charge is 0.209 e. The van der Waals surface area contributed by atoms with Gasteiger partial charge in [0.2, 0.25) is 12.6 Å². The fourth-order valence-electron chi connectivity index (χ4n) is 1.78. The minimum absolute atomic E-state index is 0.453. The van der Waals surface area contributed by atoms with E-state index in [1.807, 2.05) is 56.1 Å². The van der Waals surface area contributed by atoms with E-state index in [9.17, 15) is 20.4 Å². The van der Waals surface area contributed by atoms with Crippen molar-refractivity contribution in [1.82, 2.24) is 0 Å². The van der Waals surface area contributed by atoms with Crippen LogP contribution in [0, 0.1) is 0 Å². The number of aliphatic hydroxyl groups excluding tert-OH is 2. The number of quaternary nitrogens is 2. The largest absolute Gasteiger partial charge is 0.363 e. The fourth-order valence-corrected chi connectivity index (χ4v) is 4.82. The normalized spacial score (nSPS) is 19.0. The summed E-state index contributed by atoms with van der Waals surface area (Å²) in [6, 6.07) is 0. The molecule has 140 valence electrons. The van der Waals surface area contributed by atoms with Gasteiger partial charge in [0.1, 0.15) is 0 Å². The molecule has 0 saturated heterocycles. The molecule has 0 saturated carbocycles. The molecule has 2 atom stereocenters. The number of hydrogen-bond donors (Lipinski definition) is 4. The third kappa shape index (κ3) is 5.74. The molecule has 4 N–H and O–H groups in total.